The van der Waals surface area contributed by atoms with E-state index in [-0.39, 0.29) is 17.3 Å². The van der Waals surface area contributed by atoms with Crippen molar-refractivity contribution in [1.82, 2.24) is 24.4 Å². The molecule has 0 aliphatic heterocycles. The van der Waals surface area contributed by atoms with Gasteiger partial charge in [0.1, 0.15) is 12.9 Å². The Balaban J connectivity index is 2.78. The van der Waals surface area contributed by atoms with E-state index in [1.54, 1.807) is 0 Å². The standard InChI is InChI=1S/C7H4ClN5O/c1-2-3-13-7(14)12-4-9-5(8)6(12)10-11-13/h1,4H,3H2. The quantitative estimate of drug-likeness (QED) is 0.598. The maximum Gasteiger partial charge on any atom is 0.353 e. The minimum Gasteiger partial charge on any atom is -0.245 e. The zero-order chi connectivity index (χ0) is 10.1. The number of fused-ring (bicyclic) bond motifs is 1. The second-order valence-corrected chi connectivity index (χ2v) is 2.82. The Morgan fingerprint density at radius 2 is 2.43 bits per heavy atom. The van der Waals surface area contributed by atoms with Crippen molar-refractivity contribution in [2.45, 2.75) is 6.54 Å². The molecule has 2 heterocycles. The van der Waals surface area contributed by atoms with Gasteiger partial charge >= 0.3 is 5.69 Å². The Kier molecular flexibility index (Phi) is 1.94. The summed E-state index contributed by atoms with van der Waals surface area (Å²) >= 11 is 5.65. The molecular weight excluding hydrogens is 206 g/mol. The molecule has 70 valence electrons. The lowest BCUT2D eigenvalue weighted by Gasteiger charge is -1.97. The lowest BCUT2D eigenvalue weighted by Crippen LogP contribution is -2.29. The zero-order valence-corrected chi connectivity index (χ0v) is 7.64. The molecule has 0 saturated carbocycles. The van der Waals surface area contributed by atoms with Crippen molar-refractivity contribution in [2.24, 2.45) is 0 Å². The fraction of sp³-hybridized carbons (Fsp3) is 0.143. The van der Waals surface area contributed by atoms with Crippen LogP contribution in [0.5, 0.6) is 0 Å². The van der Waals surface area contributed by atoms with Gasteiger partial charge in [-0.2, -0.15) is 4.68 Å². The molecule has 2 aromatic rings. The highest BCUT2D eigenvalue weighted by Crippen LogP contribution is 2.08. The van der Waals surface area contributed by atoms with Crippen LogP contribution in [0.4, 0.5) is 0 Å². The number of nitrogens with zero attached hydrogens (tertiary/aromatic N) is 5. The predicted molar refractivity (Wildman–Crippen MR) is 48.9 cm³/mol. The van der Waals surface area contributed by atoms with Crippen LogP contribution in [-0.4, -0.2) is 24.4 Å². The lowest BCUT2D eigenvalue weighted by molar-refractivity contribution is 0.576. The van der Waals surface area contributed by atoms with Crippen molar-refractivity contribution in [1.29, 1.82) is 0 Å². The van der Waals surface area contributed by atoms with Crippen molar-refractivity contribution in [3.8, 4) is 12.3 Å². The van der Waals surface area contributed by atoms with Gasteiger partial charge in [0, 0.05) is 0 Å². The SMILES string of the molecule is C#CCn1nnc2c(Cl)ncn2c1=O. The summed E-state index contributed by atoms with van der Waals surface area (Å²) in [5.74, 6) is 2.29. The highest BCUT2D eigenvalue weighted by atomic mass is 35.5. The van der Waals surface area contributed by atoms with Crippen LogP contribution < -0.4 is 5.69 Å². The maximum atomic E-state index is 11.6. The van der Waals surface area contributed by atoms with Crippen LogP contribution in [-0.2, 0) is 6.54 Å². The second kappa shape index (κ2) is 3.12. The predicted octanol–water partition coefficient (Wildman–Crippen LogP) is -0.427. The Bertz CT molecular complexity index is 578. The monoisotopic (exact) mass is 209 g/mol. The first kappa shape index (κ1) is 8.72. The maximum absolute atomic E-state index is 11.6. The van der Waals surface area contributed by atoms with E-state index in [9.17, 15) is 4.79 Å². The second-order valence-electron chi connectivity index (χ2n) is 2.46. The minimum absolute atomic E-state index is 0.0670. The Morgan fingerprint density at radius 1 is 1.64 bits per heavy atom. The lowest BCUT2D eigenvalue weighted by atomic mass is 10.7. The largest absolute Gasteiger partial charge is 0.353 e. The smallest absolute Gasteiger partial charge is 0.245 e. The van der Waals surface area contributed by atoms with Crippen LogP contribution in [0.25, 0.3) is 5.65 Å². The third kappa shape index (κ3) is 1.15. The normalized spacial score (nSPS) is 10.3. The van der Waals surface area contributed by atoms with E-state index in [0.717, 1.165) is 4.68 Å². The fourth-order valence-corrected chi connectivity index (χ4v) is 1.17. The molecule has 7 heteroatoms. The molecule has 0 atom stereocenters. The first-order valence-corrected chi connectivity index (χ1v) is 4.01. The molecule has 0 aliphatic carbocycles. The topological polar surface area (TPSA) is 65.1 Å². The summed E-state index contributed by atoms with van der Waals surface area (Å²) in [4.78, 5) is 15.3. The zero-order valence-electron chi connectivity index (χ0n) is 6.88. The molecule has 0 aliphatic rings. The van der Waals surface area contributed by atoms with E-state index in [2.05, 4.69) is 21.2 Å². The number of terminal acetylenes is 1. The number of imidazole rings is 1. The van der Waals surface area contributed by atoms with Crippen molar-refractivity contribution in [3.05, 3.63) is 22.0 Å². The summed E-state index contributed by atoms with van der Waals surface area (Å²) in [6.45, 7) is 0.0670. The van der Waals surface area contributed by atoms with Crippen molar-refractivity contribution in [3.63, 3.8) is 0 Å². The minimum atomic E-state index is -0.410. The van der Waals surface area contributed by atoms with Gasteiger partial charge in [-0.25, -0.2) is 14.2 Å². The van der Waals surface area contributed by atoms with Crippen LogP contribution in [0.2, 0.25) is 5.15 Å². The highest BCUT2D eigenvalue weighted by molar-refractivity contribution is 6.32. The third-order valence-electron chi connectivity index (χ3n) is 1.61. The van der Waals surface area contributed by atoms with Crippen molar-refractivity contribution >= 4 is 17.2 Å². The van der Waals surface area contributed by atoms with Gasteiger partial charge in [0.2, 0.25) is 5.65 Å². The van der Waals surface area contributed by atoms with E-state index in [4.69, 9.17) is 18.0 Å². The van der Waals surface area contributed by atoms with Crippen LogP contribution in [0.1, 0.15) is 0 Å². The van der Waals surface area contributed by atoms with Gasteiger partial charge in [0.15, 0.2) is 5.15 Å². The van der Waals surface area contributed by atoms with Gasteiger partial charge < -0.3 is 0 Å². The van der Waals surface area contributed by atoms with Gasteiger partial charge in [0.25, 0.3) is 0 Å². The average molecular weight is 210 g/mol. The molecule has 0 fully saturated rings. The van der Waals surface area contributed by atoms with Crippen LogP contribution >= 0.6 is 11.6 Å². The van der Waals surface area contributed by atoms with Crippen LogP contribution in [0.3, 0.4) is 0 Å². The molecule has 0 spiro atoms. The first-order valence-electron chi connectivity index (χ1n) is 3.64. The average Bonchev–Trinajstić information content (AvgIpc) is 2.54. The number of hydrogen-bond acceptors (Lipinski definition) is 4. The van der Waals surface area contributed by atoms with Gasteiger partial charge in [0.05, 0.1) is 0 Å². The van der Waals surface area contributed by atoms with Gasteiger partial charge in [-0.15, -0.1) is 11.5 Å². The first-order chi connectivity index (χ1) is 6.74. The summed E-state index contributed by atoms with van der Waals surface area (Å²) in [7, 11) is 0. The molecule has 0 unspecified atom stereocenters. The molecule has 0 bridgehead atoms. The fourth-order valence-electron chi connectivity index (χ4n) is 0.994. The van der Waals surface area contributed by atoms with Crippen molar-refractivity contribution < 1.29 is 0 Å². The molecule has 0 saturated heterocycles. The van der Waals surface area contributed by atoms with E-state index in [0.29, 0.717) is 0 Å². The van der Waals surface area contributed by atoms with E-state index < -0.39 is 5.69 Å². The summed E-state index contributed by atoms with van der Waals surface area (Å²) < 4.78 is 2.23. The van der Waals surface area contributed by atoms with Crippen molar-refractivity contribution in [2.75, 3.05) is 0 Å². The summed E-state index contributed by atoms with van der Waals surface area (Å²) in [6, 6.07) is 0. The summed E-state index contributed by atoms with van der Waals surface area (Å²) in [5.41, 5.74) is -0.183. The molecule has 0 radical (unpaired) electrons. The van der Waals surface area contributed by atoms with Gasteiger partial charge in [-0.05, 0) is 0 Å². The molecule has 2 rings (SSSR count). The Labute approximate surface area is 83.1 Å². The molecule has 6 nitrogen and oxygen atoms in total. The molecular formula is C7H4ClN5O. The Morgan fingerprint density at radius 3 is 3.14 bits per heavy atom. The number of hydrogen-bond donors (Lipinski definition) is 0. The van der Waals surface area contributed by atoms with Gasteiger partial charge in [-0.3, -0.25) is 0 Å². The molecule has 14 heavy (non-hydrogen) atoms. The van der Waals surface area contributed by atoms with Gasteiger partial charge in [-0.1, -0.05) is 22.7 Å². The number of halogens is 1. The Hall–Kier alpha value is -1.87. The van der Waals surface area contributed by atoms with Crippen LogP contribution in [0.15, 0.2) is 11.1 Å². The third-order valence-corrected chi connectivity index (χ3v) is 1.88. The molecule has 0 amide bonds. The van der Waals surface area contributed by atoms with E-state index in [1.165, 1.54) is 10.7 Å². The van der Waals surface area contributed by atoms with E-state index >= 15 is 0 Å². The molecule has 0 aromatic carbocycles. The molecule has 0 N–H and O–H groups in total. The summed E-state index contributed by atoms with van der Waals surface area (Å²) in [6.07, 6.45) is 6.33. The number of rotatable bonds is 1. The number of aromatic nitrogens is 5. The van der Waals surface area contributed by atoms with Crippen LogP contribution in [0, 0.1) is 12.3 Å². The van der Waals surface area contributed by atoms with E-state index in [1.807, 2.05) is 0 Å². The summed E-state index contributed by atoms with van der Waals surface area (Å²) in [5, 5.41) is 7.44. The highest BCUT2D eigenvalue weighted by Gasteiger charge is 2.08. The molecule has 2 aromatic heterocycles.